The maximum Gasteiger partial charge on any atom is 0.192 e. The lowest BCUT2D eigenvalue weighted by atomic mass is 9.98. The number of aromatic hydroxyl groups is 1. The number of benzene rings is 3. The molecule has 0 saturated heterocycles. The Hall–Kier alpha value is -2.87. The van der Waals surface area contributed by atoms with Crippen molar-refractivity contribution >= 4 is 22.6 Å². The predicted molar refractivity (Wildman–Crippen MR) is 90.0 cm³/mol. The quantitative estimate of drug-likeness (QED) is 0.553. The summed E-state index contributed by atoms with van der Waals surface area (Å²) in [6.45, 7) is 1.77. The topological polar surface area (TPSA) is 37.3 Å². The molecule has 3 aromatic carbocycles. The van der Waals surface area contributed by atoms with E-state index in [1.807, 2.05) is 60.7 Å². The molecule has 0 amide bonds. The number of rotatable bonds is 3. The Bertz CT molecular complexity index is 861. The van der Waals surface area contributed by atoms with Crippen molar-refractivity contribution in [3.8, 4) is 5.75 Å². The van der Waals surface area contributed by atoms with Gasteiger partial charge in [-0.15, -0.1) is 0 Å². The molecule has 22 heavy (non-hydrogen) atoms. The molecule has 0 aliphatic carbocycles. The fourth-order valence-corrected chi connectivity index (χ4v) is 2.49. The number of phenolic OH excluding ortho intramolecular Hbond substituents is 1. The summed E-state index contributed by atoms with van der Waals surface area (Å²) in [7, 11) is 0. The van der Waals surface area contributed by atoms with Crippen molar-refractivity contribution in [2.24, 2.45) is 0 Å². The second kappa shape index (κ2) is 5.86. The van der Waals surface area contributed by atoms with E-state index in [0.29, 0.717) is 11.1 Å². The molecule has 0 heterocycles. The van der Waals surface area contributed by atoms with Gasteiger partial charge in [0.1, 0.15) is 5.75 Å². The molecule has 0 atom stereocenters. The van der Waals surface area contributed by atoms with Crippen LogP contribution in [-0.4, -0.2) is 10.9 Å². The van der Waals surface area contributed by atoms with E-state index in [2.05, 4.69) is 0 Å². The van der Waals surface area contributed by atoms with Crippen LogP contribution < -0.4 is 0 Å². The van der Waals surface area contributed by atoms with Gasteiger partial charge < -0.3 is 5.11 Å². The summed E-state index contributed by atoms with van der Waals surface area (Å²) in [5, 5.41) is 12.0. The maximum atomic E-state index is 12.6. The average molecular weight is 288 g/mol. The fourth-order valence-electron chi connectivity index (χ4n) is 2.49. The number of fused-ring (bicyclic) bond motifs is 1. The molecule has 0 bridgehead atoms. The highest BCUT2D eigenvalue weighted by Crippen LogP contribution is 2.27. The highest BCUT2D eigenvalue weighted by Gasteiger charge is 2.14. The van der Waals surface area contributed by atoms with Gasteiger partial charge in [0.15, 0.2) is 5.78 Å². The van der Waals surface area contributed by atoms with E-state index in [0.717, 1.165) is 16.3 Å². The zero-order valence-electron chi connectivity index (χ0n) is 12.3. The van der Waals surface area contributed by atoms with Gasteiger partial charge in [-0.05, 0) is 47.0 Å². The minimum Gasteiger partial charge on any atom is -0.507 e. The van der Waals surface area contributed by atoms with Crippen LogP contribution in [0.3, 0.4) is 0 Å². The van der Waals surface area contributed by atoms with Crippen LogP contribution in [0.4, 0.5) is 0 Å². The van der Waals surface area contributed by atoms with E-state index in [1.54, 1.807) is 19.1 Å². The largest absolute Gasteiger partial charge is 0.507 e. The van der Waals surface area contributed by atoms with Crippen molar-refractivity contribution in [1.29, 1.82) is 0 Å². The molecule has 0 spiro atoms. The molecule has 0 saturated carbocycles. The lowest BCUT2D eigenvalue weighted by Gasteiger charge is -2.07. The van der Waals surface area contributed by atoms with Crippen LogP contribution in [-0.2, 0) is 0 Å². The molecule has 1 N–H and O–H groups in total. The van der Waals surface area contributed by atoms with Crippen molar-refractivity contribution in [2.75, 3.05) is 0 Å². The fraction of sp³-hybridized carbons (Fsp3) is 0.0500. The third kappa shape index (κ3) is 2.77. The minimum absolute atomic E-state index is 0.0181. The van der Waals surface area contributed by atoms with Crippen LogP contribution in [0.1, 0.15) is 22.8 Å². The second-order valence-corrected chi connectivity index (χ2v) is 5.28. The first kappa shape index (κ1) is 14.1. The van der Waals surface area contributed by atoms with Crippen LogP contribution in [0.2, 0.25) is 0 Å². The van der Waals surface area contributed by atoms with E-state index in [4.69, 9.17) is 0 Å². The standard InChI is InChI=1S/C20H16O2/c1-14(11-15-7-3-2-4-8-15)20(22)18-12-16-9-5-6-10-17(16)13-19(18)21/h2-13,21H,1H3/b14-11-. The molecule has 0 aliphatic rings. The lowest BCUT2D eigenvalue weighted by Crippen LogP contribution is -2.01. The molecular formula is C20H16O2. The number of hydrogen-bond donors (Lipinski definition) is 1. The summed E-state index contributed by atoms with van der Waals surface area (Å²) in [5.74, 6) is -0.142. The number of Topliss-reactive ketones (excluding diaryl/α,β-unsaturated/α-hetero) is 1. The Balaban J connectivity index is 2.01. The van der Waals surface area contributed by atoms with Crippen LogP contribution in [0.5, 0.6) is 5.75 Å². The Labute approximate surface area is 129 Å². The van der Waals surface area contributed by atoms with Crippen LogP contribution >= 0.6 is 0 Å². The van der Waals surface area contributed by atoms with Crippen LogP contribution in [0, 0.1) is 0 Å². The van der Waals surface area contributed by atoms with Crippen molar-refractivity contribution in [3.05, 3.63) is 83.4 Å². The smallest absolute Gasteiger partial charge is 0.192 e. The van der Waals surface area contributed by atoms with Gasteiger partial charge in [-0.3, -0.25) is 4.79 Å². The van der Waals surface area contributed by atoms with Crippen molar-refractivity contribution in [3.63, 3.8) is 0 Å². The number of phenols is 1. The average Bonchev–Trinajstić information content (AvgIpc) is 2.54. The highest BCUT2D eigenvalue weighted by atomic mass is 16.3. The first-order chi connectivity index (χ1) is 10.6. The zero-order valence-corrected chi connectivity index (χ0v) is 12.3. The van der Waals surface area contributed by atoms with Gasteiger partial charge in [0.2, 0.25) is 0 Å². The molecule has 0 radical (unpaired) electrons. The van der Waals surface area contributed by atoms with Crippen molar-refractivity contribution in [2.45, 2.75) is 6.92 Å². The van der Waals surface area contributed by atoms with E-state index >= 15 is 0 Å². The third-order valence-corrected chi connectivity index (χ3v) is 3.65. The summed E-state index contributed by atoms with van der Waals surface area (Å²) in [6, 6.07) is 20.7. The van der Waals surface area contributed by atoms with E-state index in [-0.39, 0.29) is 11.5 Å². The first-order valence-corrected chi connectivity index (χ1v) is 7.15. The number of allylic oxidation sites excluding steroid dienone is 1. The Morgan fingerprint density at radius 1 is 0.909 bits per heavy atom. The molecule has 108 valence electrons. The Morgan fingerprint density at radius 2 is 1.50 bits per heavy atom. The molecule has 0 aromatic heterocycles. The molecule has 2 heteroatoms. The molecule has 3 rings (SSSR count). The molecule has 0 aliphatic heterocycles. The monoisotopic (exact) mass is 288 g/mol. The predicted octanol–water partition coefficient (Wildman–Crippen LogP) is 4.83. The zero-order chi connectivity index (χ0) is 15.5. The van der Waals surface area contributed by atoms with E-state index in [9.17, 15) is 9.90 Å². The molecule has 3 aromatic rings. The second-order valence-electron chi connectivity index (χ2n) is 5.28. The summed E-state index contributed by atoms with van der Waals surface area (Å²) in [4.78, 5) is 12.6. The summed E-state index contributed by atoms with van der Waals surface area (Å²) >= 11 is 0. The summed E-state index contributed by atoms with van der Waals surface area (Å²) in [5.41, 5.74) is 1.90. The van der Waals surface area contributed by atoms with Gasteiger partial charge in [-0.25, -0.2) is 0 Å². The summed E-state index contributed by atoms with van der Waals surface area (Å²) in [6.07, 6.45) is 1.83. The van der Waals surface area contributed by atoms with Crippen molar-refractivity contribution < 1.29 is 9.90 Å². The van der Waals surface area contributed by atoms with Gasteiger partial charge in [0, 0.05) is 0 Å². The minimum atomic E-state index is -0.160. The maximum absolute atomic E-state index is 12.6. The molecule has 0 fully saturated rings. The van der Waals surface area contributed by atoms with Gasteiger partial charge in [0.25, 0.3) is 0 Å². The molecular weight excluding hydrogens is 272 g/mol. The normalized spacial score (nSPS) is 11.6. The first-order valence-electron chi connectivity index (χ1n) is 7.15. The van der Waals surface area contributed by atoms with Crippen LogP contribution in [0.25, 0.3) is 16.8 Å². The van der Waals surface area contributed by atoms with Gasteiger partial charge in [-0.1, -0.05) is 54.6 Å². The van der Waals surface area contributed by atoms with Gasteiger partial charge in [-0.2, -0.15) is 0 Å². The van der Waals surface area contributed by atoms with Crippen LogP contribution in [0.15, 0.2) is 72.3 Å². The Morgan fingerprint density at radius 3 is 2.18 bits per heavy atom. The molecule has 0 unspecified atom stereocenters. The van der Waals surface area contributed by atoms with Gasteiger partial charge >= 0.3 is 0 Å². The summed E-state index contributed by atoms with van der Waals surface area (Å²) < 4.78 is 0. The SMILES string of the molecule is C/C(=C/c1ccccc1)C(=O)c1cc2ccccc2cc1O. The lowest BCUT2D eigenvalue weighted by molar-refractivity contribution is 0.103. The number of ketones is 1. The third-order valence-electron chi connectivity index (χ3n) is 3.65. The van der Waals surface area contributed by atoms with Crippen molar-refractivity contribution in [1.82, 2.24) is 0 Å². The number of hydrogen-bond acceptors (Lipinski definition) is 2. The number of carbonyl (C=O) groups excluding carboxylic acids is 1. The highest BCUT2D eigenvalue weighted by molar-refractivity contribution is 6.14. The number of carbonyl (C=O) groups is 1. The van der Waals surface area contributed by atoms with Gasteiger partial charge in [0.05, 0.1) is 5.56 Å². The molecule has 2 nitrogen and oxygen atoms in total. The Kier molecular flexibility index (Phi) is 3.75. The van der Waals surface area contributed by atoms with E-state index in [1.165, 1.54) is 0 Å². The van der Waals surface area contributed by atoms with E-state index < -0.39 is 0 Å².